The number of hydrogen-bond acceptors (Lipinski definition) is 5. The molecule has 0 bridgehead atoms. The van der Waals surface area contributed by atoms with Crippen molar-refractivity contribution in [3.8, 4) is 5.75 Å². The summed E-state index contributed by atoms with van der Waals surface area (Å²) in [5, 5.41) is 0. The van der Waals surface area contributed by atoms with Crippen LogP contribution in [-0.2, 0) is 6.54 Å². The van der Waals surface area contributed by atoms with E-state index in [2.05, 4.69) is 0 Å². The van der Waals surface area contributed by atoms with E-state index in [1.807, 2.05) is 0 Å². The Balaban J connectivity index is 2.74. The maximum Gasteiger partial charge on any atom is 0.396 e. The molecule has 1 heterocycles. The smallest absolute Gasteiger partial charge is 0.396 e. The molecule has 4 nitrogen and oxygen atoms in total. The lowest BCUT2D eigenvalue weighted by Crippen LogP contribution is -1.99. The van der Waals surface area contributed by atoms with Crippen molar-refractivity contribution in [3.63, 3.8) is 0 Å². The van der Waals surface area contributed by atoms with Crippen LogP contribution in [-0.4, -0.2) is 7.11 Å². The molecule has 0 aliphatic rings. The quantitative estimate of drug-likeness (QED) is 0.813. The van der Waals surface area contributed by atoms with Gasteiger partial charge in [0.15, 0.2) is 0 Å². The van der Waals surface area contributed by atoms with Crippen molar-refractivity contribution in [1.29, 1.82) is 0 Å². The SMILES string of the molecule is COc1cc2sc(=O)oc2cc1CN. The van der Waals surface area contributed by atoms with Crippen molar-refractivity contribution in [1.82, 2.24) is 0 Å². The number of ether oxygens (including phenoxy) is 1. The van der Waals surface area contributed by atoms with E-state index in [9.17, 15) is 4.79 Å². The Labute approximate surface area is 83.9 Å². The molecule has 0 unspecified atom stereocenters. The highest BCUT2D eigenvalue weighted by Gasteiger charge is 2.08. The van der Waals surface area contributed by atoms with Gasteiger partial charge >= 0.3 is 4.94 Å². The summed E-state index contributed by atoms with van der Waals surface area (Å²) in [6, 6.07) is 3.51. The molecule has 0 radical (unpaired) electrons. The molecule has 2 rings (SSSR count). The van der Waals surface area contributed by atoms with Crippen LogP contribution in [0.3, 0.4) is 0 Å². The van der Waals surface area contributed by atoms with Crippen LogP contribution in [0.4, 0.5) is 0 Å². The van der Waals surface area contributed by atoms with Gasteiger partial charge in [0.1, 0.15) is 11.3 Å². The predicted molar refractivity (Wildman–Crippen MR) is 54.8 cm³/mol. The van der Waals surface area contributed by atoms with Crippen molar-refractivity contribution >= 4 is 21.6 Å². The van der Waals surface area contributed by atoms with Crippen molar-refractivity contribution in [2.75, 3.05) is 7.11 Å². The Morgan fingerprint density at radius 1 is 1.57 bits per heavy atom. The van der Waals surface area contributed by atoms with Crippen LogP contribution in [0.25, 0.3) is 10.3 Å². The third kappa shape index (κ3) is 1.40. The minimum Gasteiger partial charge on any atom is -0.496 e. The largest absolute Gasteiger partial charge is 0.496 e. The highest BCUT2D eigenvalue weighted by molar-refractivity contribution is 7.16. The lowest BCUT2D eigenvalue weighted by atomic mass is 10.2. The molecule has 0 saturated heterocycles. The van der Waals surface area contributed by atoms with Crippen LogP contribution < -0.4 is 15.4 Å². The molecule has 1 aromatic carbocycles. The molecular formula is C9H9NO3S. The number of methoxy groups -OCH3 is 1. The highest BCUT2D eigenvalue weighted by atomic mass is 32.1. The Bertz CT molecular complexity index is 470. The predicted octanol–water partition coefficient (Wildman–Crippen LogP) is 1.32. The minimum atomic E-state index is -0.309. The van der Waals surface area contributed by atoms with Crippen LogP contribution in [0, 0.1) is 0 Å². The summed E-state index contributed by atoms with van der Waals surface area (Å²) in [6.45, 7) is 0.360. The molecule has 0 fully saturated rings. The monoisotopic (exact) mass is 211 g/mol. The molecule has 1 aromatic heterocycles. The van der Waals surface area contributed by atoms with Crippen molar-refractivity contribution in [2.45, 2.75) is 6.54 Å². The maximum atomic E-state index is 11.0. The molecule has 0 saturated carbocycles. The number of rotatable bonds is 2. The fraction of sp³-hybridized carbons (Fsp3) is 0.222. The normalized spacial score (nSPS) is 10.7. The fourth-order valence-electron chi connectivity index (χ4n) is 1.29. The first-order chi connectivity index (χ1) is 6.74. The van der Waals surface area contributed by atoms with Crippen LogP contribution in [0.2, 0.25) is 0 Å². The van der Waals surface area contributed by atoms with Crippen molar-refractivity contribution < 1.29 is 9.15 Å². The first kappa shape index (κ1) is 9.23. The Morgan fingerprint density at radius 3 is 3.00 bits per heavy atom. The summed E-state index contributed by atoms with van der Waals surface area (Å²) in [5.74, 6) is 0.692. The molecule has 0 spiro atoms. The first-order valence-electron chi connectivity index (χ1n) is 4.05. The Hall–Kier alpha value is -1.33. The van der Waals surface area contributed by atoms with E-state index < -0.39 is 0 Å². The molecule has 2 aromatic rings. The third-order valence-electron chi connectivity index (χ3n) is 1.95. The van der Waals surface area contributed by atoms with Crippen molar-refractivity contribution in [3.05, 3.63) is 27.4 Å². The molecule has 0 aliphatic heterocycles. The van der Waals surface area contributed by atoms with Gasteiger partial charge < -0.3 is 14.9 Å². The molecule has 5 heteroatoms. The van der Waals surface area contributed by atoms with Crippen LogP contribution in [0.1, 0.15) is 5.56 Å². The van der Waals surface area contributed by atoms with E-state index in [0.29, 0.717) is 17.9 Å². The molecule has 2 N–H and O–H groups in total. The van der Waals surface area contributed by atoms with E-state index in [4.69, 9.17) is 14.9 Å². The zero-order valence-electron chi connectivity index (χ0n) is 7.57. The Kier molecular flexibility index (Phi) is 2.26. The van der Waals surface area contributed by atoms with Gasteiger partial charge in [-0.3, -0.25) is 0 Å². The lowest BCUT2D eigenvalue weighted by molar-refractivity contribution is 0.410. The fourth-order valence-corrected chi connectivity index (χ4v) is 1.97. The molecule has 0 aliphatic carbocycles. The second-order valence-electron chi connectivity index (χ2n) is 2.77. The summed E-state index contributed by atoms with van der Waals surface area (Å²) >= 11 is 1.06. The van der Waals surface area contributed by atoms with Crippen LogP contribution in [0.15, 0.2) is 21.3 Å². The number of fused-ring (bicyclic) bond motifs is 1. The standard InChI is InChI=1S/C9H9NO3S/c1-12-6-3-8-7(2-5(6)4-10)13-9(11)14-8/h2-3H,4,10H2,1H3. The van der Waals surface area contributed by atoms with Gasteiger partial charge in [-0.1, -0.05) is 11.3 Å². The number of benzene rings is 1. The van der Waals surface area contributed by atoms with Gasteiger partial charge in [0.25, 0.3) is 0 Å². The van der Waals surface area contributed by atoms with Crippen LogP contribution >= 0.6 is 11.3 Å². The van der Waals surface area contributed by atoms with E-state index in [1.54, 1.807) is 19.2 Å². The van der Waals surface area contributed by atoms with E-state index in [0.717, 1.165) is 21.6 Å². The lowest BCUT2D eigenvalue weighted by Gasteiger charge is -2.04. The van der Waals surface area contributed by atoms with Gasteiger partial charge in [-0.2, -0.15) is 0 Å². The van der Waals surface area contributed by atoms with Gasteiger partial charge in [0.05, 0.1) is 11.8 Å². The van der Waals surface area contributed by atoms with Crippen molar-refractivity contribution in [2.24, 2.45) is 5.73 Å². The van der Waals surface area contributed by atoms with Gasteiger partial charge in [-0.15, -0.1) is 0 Å². The molecule has 0 atom stereocenters. The summed E-state index contributed by atoms with van der Waals surface area (Å²) in [7, 11) is 1.57. The minimum absolute atomic E-state index is 0.309. The first-order valence-corrected chi connectivity index (χ1v) is 4.87. The second-order valence-corrected chi connectivity index (χ2v) is 3.75. The summed E-state index contributed by atoms with van der Waals surface area (Å²) in [4.78, 5) is 10.7. The molecule has 0 amide bonds. The van der Waals surface area contributed by atoms with Crippen LogP contribution in [0.5, 0.6) is 5.75 Å². The van der Waals surface area contributed by atoms with Gasteiger partial charge in [0, 0.05) is 18.2 Å². The van der Waals surface area contributed by atoms with Gasteiger partial charge in [-0.25, -0.2) is 4.79 Å². The zero-order chi connectivity index (χ0) is 10.1. The second kappa shape index (κ2) is 3.43. The maximum absolute atomic E-state index is 11.0. The average molecular weight is 211 g/mol. The summed E-state index contributed by atoms with van der Waals surface area (Å²) < 4.78 is 10.9. The number of hydrogen-bond donors (Lipinski definition) is 1. The topological polar surface area (TPSA) is 65.5 Å². The number of nitrogens with two attached hydrogens (primary N) is 1. The van der Waals surface area contributed by atoms with E-state index in [1.165, 1.54) is 0 Å². The summed E-state index contributed by atoms with van der Waals surface area (Å²) in [5.41, 5.74) is 6.93. The van der Waals surface area contributed by atoms with E-state index in [-0.39, 0.29) is 4.94 Å². The summed E-state index contributed by atoms with van der Waals surface area (Å²) in [6.07, 6.45) is 0. The zero-order valence-corrected chi connectivity index (χ0v) is 8.39. The molecular weight excluding hydrogens is 202 g/mol. The molecule has 14 heavy (non-hydrogen) atoms. The average Bonchev–Trinajstić information content (AvgIpc) is 2.54. The highest BCUT2D eigenvalue weighted by Crippen LogP contribution is 2.27. The van der Waals surface area contributed by atoms with Gasteiger partial charge in [-0.05, 0) is 6.07 Å². The van der Waals surface area contributed by atoms with Gasteiger partial charge in [0.2, 0.25) is 0 Å². The molecule has 74 valence electrons. The third-order valence-corrected chi connectivity index (χ3v) is 2.74. The Morgan fingerprint density at radius 2 is 2.36 bits per heavy atom. The van der Waals surface area contributed by atoms with E-state index >= 15 is 0 Å².